The van der Waals surface area contributed by atoms with Crippen molar-refractivity contribution in [1.29, 1.82) is 0 Å². The summed E-state index contributed by atoms with van der Waals surface area (Å²) < 4.78 is 2.36. The summed E-state index contributed by atoms with van der Waals surface area (Å²) in [5.74, 6) is 7.04. The quantitative estimate of drug-likeness (QED) is 0.113. The lowest BCUT2D eigenvalue weighted by Gasteiger charge is -2.26. The smallest absolute Gasteiger partial charge is 0.141 e. The lowest BCUT2D eigenvalue weighted by Crippen LogP contribution is -2.36. The molecule has 0 fully saturated rings. The highest BCUT2D eigenvalue weighted by molar-refractivity contribution is 6.11. The second-order valence-electron chi connectivity index (χ2n) is 12.7. The third-order valence-corrected chi connectivity index (χ3v) is 9.56. The van der Waals surface area contributed by atoms with Gasteiger partial charge in [-0.1, -0.05) is 135 Å². The maximum absolute atomic E-state index is 7.04. The molecule has 4 heteroatoms. The maximum atomic E-state index is 7.04. The second-order valence-corrected chi connectivity index (χ2v) is 12.7. The minimum atomic E-state index is -0.369. The first-order valence-corrected chi connectivity index (χ1v) is 15.9. The molecular formula is C42H36N4. The van der Waals surface area contributed by atoms with Crippen LogP contribution < -0.4 is 5.84 Å². The van der Waals surface area contributed by atoms with Gasteiger partial charge in [-0.2, -0.15) is 5.01 Å². The number of fused-ring (bicyclic) bond motifs is 6. The summed E-state index contributed by atoms with van der Waals surface area (Å²) in [4.78, 5) is 5.03. The largest absolute Gasteiger partial charge is 0.325 e. The van der Waals surface area contributed by atoms with Crippen molar-refractivity contribution in [1.82, 2.24) is 9.58 Å². The molecule has 1 unspecified atom stereocenters. The van der Waals surface area contributed by atoms with Crippen LogP contribution in [-0.2, 0) is 12.1 Å². The highest BCUT2D eigenvalue weighted by Gasteiger charge is 2.36. The van der Waals surface area contributed by atoms with Gasteiger partial charge in [0, 0.05) is 22.4 Å². The van der Waals surface area contributed by atoms with E-state index in [2.05, 4.69) is 128 Å². The Kier molecular flexibility index (Phi) is 6.90. The molecule has 6 aromatic carbocycles. The number of rotatable bonds is 7. The Morgan fingerprint density at radius 1 is 0.652 bits per heavy atom. The Hall–Kier alpha value is -5.29. The van der Waals surface area contributed by atoms with Gasteiger partial charge in [0.1, 0.15) is 6.17 Å². The van der Waals surface area contributed by atoms with Crippen LogP contribution >= 0.6 is 0 Å². The zero-order valence-corrected chi connectivity index (χ0v) is 26.1. The number of nitrogens with zero attached hydrogens (tertiary/aromatic N) is 3. The Morgan fingerprint density at radius 2 is 1.30 bits per heavy atom. The molecular weight excluding hydrogens is 560 g/mol. The van der Waals surface area contributed by atoms with Gasteiger partial charge in [0.05, 0.1) is 17.7 Å². The van der Waals surface area contributed by atoms with Crippen LogP contribution in [0.2, 0.25) is 0 Å². The zero-order chi connectivity index (χ0) is 31.3. The predicted octanol–water partition coefficient (Wildman–Crippen LogP) is 9.72. The summed E-state index contributed by atoms with van der Waals surface area (Å²) in [5.41, 5.74) is 12.1. The van der Waals surface area contributed by atoms with E-state index in [0.29, 0.717) is 6.67 Å². The summed E-state index contributed by atoms with van der Waals surface area (Å²) in [7, 11) is 0. The SMILES string of the molecule is CC1(C)c2ccccc2-c2cc3c(cc21)c1cc(-c2ccccc2)ccc1n3CN(N)C(/N=C/c1ccccc1)c1ccccc1. The van der Waals surface area contributed by atoms with Crippen molar-refractivity contribution >= 4 is 28.0 Å². The van der Waals surface area contributed by atoms with Gasteiger partial charge in [0.15, 0.2) is 0 Å². The van der Waals surface area contributed by atoms with Crippen LogP contribution in [0.4, 0.5) is 0 Å². The van der Waals surface area contributed by atoms with E-state index in [1.807, 2.05) is 47.6 Å². The number of nitrogens with two attached hydrogens (primary N) is 1. The Bertz CT molecular complexity index is 2210. The third kappa shape index (κ3) is 4.74. The fourth-order valence-electron chi connectivity index (χ4n) is 7.18. The van der Waals surface area contributed by atoms with Crippen LogP contribution in [0.15, 0.2) is 151 Å². The molecule has 0 saturated heterocycles. The fraction of sp³-hybridized carbons (Fsp3) is 0.119. The zero-order valence-electron chi connectivity index (χ0n) is 26.1. The lowest BCUT2D eigenvalue weighted by molar-refractivity contribution is 0.165. The van der Waals surface area contributed by atoms with E-state index in [1.165, 1.54) is 49.7 Å². The van der Waals surface area contributed by atoms with Gasteiger partial charge in [0.2, 0.25) is 0 Å². The van der Waals surface area contributed by atoms with E-state index in [0.717, 1.165) is 16.6 Å². The minimum Gasteiger partial charge on any atom is -0.325 e. The molecule has 2 N–H and O–H groups in total. The molecule has 1 aliphatic carbocycles. The molecule has 8 rings (SSSR count). The number of benzene rings is 6. The third-order valence-electron chi connectivity index (χ3n) is 9.56. The van der Waals surface area contributed by atoms with Crippen molar-refractivity contribution < 1.29 is 0 Å². The van der Waals surface area contributed by atoms with Crippen LogP contribution in [0.1, 0.15) is 42.3 Å². The Labute approximate surface area is 270 Å². The Balaban J connectivity index is 1.30. The molecule has 1 aliphatic rings. The van der Waals surface area contributed by atoms with Crippen molar-refractivity contribution in [3.05, 3.63) is 168 Å². The molecule has 1 atom stereocenters. The van der Waals surface area contributed by atoms with E-state index in [9.17, 15) is 0 Å². The minimum absolute atomic E-state index is 0.0873. The summed E-state index contributed by atoms with van der Waals surface area (Å²) in [6.07, 6.45) is 1.55. The first-order valence-electron chi connectivity index (χ1n) is 15.9. The van der Waals surface area contributed by atoms with Gasteiger partial charge in [-0.3, -0.25) is 10.8 Å². The Morgan fingerprint density at radius 3 is 2.07 bits per heavy atom. The molecule has 7 aromatic rings. The highest BCUT2D eigenvalue weighted by atomic mass is 15.5. The molecule has 4 nitrogen and oxygen atoms in total. The van der Waals surface area contributed by atoms with Crippen molar-refractivity contribution in [2.24, 2.45) is 10.8 Å². The van der Waals surface area contributed by atoms with E-state index >= 15 is 0 Å². The van der Waals surface area contributed by atoms with E-state index in [4.69, 9.17) is 10.8 Å². The van der Waals surface area contributed by atoms with Crippen LogP contribution in [0.25, 0.3) is 44.1 Å². The van der Waals surface area contributed by atoms with Gasteiger partial charge >= 0.3 is 0 Å². The molecule has 0 radical (unpaired) electrons. The summed E-state index contributed by atoms with van der Waals surface area (Å²) >= 11 is 0. The number of aromatic nitrogens is 1. The van der Waals surface area contributed by atoms with Crippen LogP contribution in [0, 0.1) is 0 Å². The molecule has 224 valence electrons. The van der Waals surface area contributed by atoms with Crippen LogP contribution in [0.5, 0.6) is 0 Å². The predicted molar refractivity (Wildman–Crippen MR) is 192 cm³/mol. The highest BCUT2D eigenvalue weighted by Crippen LogP contribution is 2.50. The number of hydrogen-bond acceptors (Lipinski definition) is 3. The lowest BCUT2D eigenvalue weighted by atomic mass is 9.82. The van der Waals surface area contributed by atoms with Gasteiger partial charge in [-0.15, -0.1) is 0 Å². The van der Waals surface area contributed by atoms with Crippen molar-refractivity contribution in [2.75, 3.05) is 0 Å². The van der Waals surface area contributed by atoms with Crippen LogP contribution in [0.3, 0.4) is 0 Å². The number of hydrogen-bond donors (Lipinski definition) is 1. The van der Waals surface area contributed by atoms with Crippen molar-refractivity contribution in [2.45, 2.75) is 32.1 Å². The molecule has 1 heterocycles. The monoisotopic (exact) mass is 596 g/mol. The first kappa shape index (κ1) is 28.2. The first-order chi connectivity index (χ1) is 22.5. The van der Waals surface area contributed by atoms with E-state index in [-0.39, 0.29) is 11.6 Å². The van der Waals surface area contributed by atoms with Crippen LogP contribution in [-0.4, -0.2) is 15.8 Å². The molecule has 46 heavy (non-hydrogen) atoms. The van der Waals surface area contributed by atoms with Gasteiger partial charge in [-0.05, 0) is 68.8 Å². The normalized spacial score (nSPS) is 14.3. The molecule has 0 spiro atoms. The standard InChI is InChI=1S/C42H36N4/c1-42(2)37-21-13-12-20-33(37)34-26-40-36(25-38(34)42)35-24-32(30-16-8-4-9-17-30)22-23-39(35)45(40)28-46(43)41(31-18-10-5-11-19-31)44-27-29-14-6-3-7-15-29/h3-27,41H,28,43H2,1-2H3/b44-27+. The van der Waals surface area contributed by atoms with Crippen molar-refractivity contribution in [3.63, 3.8) is 0 Å². The number of aliphatic imine (C=N–C) groups is 1. The molecule has 1 aromatic heterocycles. The average Bonchev–Trinajstić information content (AvgIpc) is 3.52. The molecule has 0 bridgehead atoms. The van der Waals surface area contributed by atoms with E-state index < -0.39 is 0 Å². The molecule has 0 amide bonds. The maximum Gasteiger partial charge on any atom is 0.141 e. The van der Waals surface area contributed by atoms with E-state index in [1.54, 1.807) is 0 Å². The summed E-state index contributed by atoms with van der Waals surface area (Å²) in [6, 6.07) is 51.6. The topological polar surface area (TPSA) is 46.5 Å². The van der Waals surface area contributed by atoms with Gasteiger partial charge < -0.3 is 4.57 Å². The van der Waals surface area contributed by atoms with Gasteiger partial charge in [-0.25, -0.2) is 0 Å². The summed E-state index contributed by atoms with van der Waals surface area (Å²) in [6.45, 7) is 5.14. The molecule has 0 saturated carbocycles. The number of hydrazine groups is 1. The molecule has 0 aliphatic heterocycles. The van der Waals surface area contributed by atoms with Crippen molar-refractivity contribution in [3.8, 4) is 22.3 Å². The van der Waals surface area contributed by atoms with Gasteiger partial charge in [0.25, 0.3) is 0 Å². The second kappa shape index (κ2) is 11.3. The average molecular weight is 597 g/mol. The fourth-order valence-corrected chi connectivity index (χ4v) is 7.18. The summed E-state index contributed by atoms with van der Waals surface area (Å²) in [5, 5.41) is 4.32.